The maximum atomic E-state index is 13.9. The van der Waals surface area contributed by atoms with E-state index < -0.39 is 17.6 Å². The lowest BCUT2D eigenvalue weighted by Crippen LogP contribution is -2.26. The summed E-state index contributed by atoms with van der Waals surface area (Å²) in [7, 11) is 0. The molecular formula is C23H23Cl2FN6O2. The highest BCUT2D eigenvalue weighted by Crippen LogP contribution is 2.33. The largest absolute Gasteiger partial charge is 0.401 e. The second-order valence-electron chi connectivity index (χ2n) is 8.34. The van der Waals surface area contributed by atoms with E-state index in [-0.39, 0.29) is 15.6 Å². The first-order valence-corrected chi connectivity index (χ1v) is 11.9. The number of aromatic amines is 1. The Balaban J connectivity index is 1.42. The van der Waals surface area contributed by atoms with Gasteiger partial charge < -0.3 is 10.2 Å². The lowest BCUT2D eigenvalue weighted by atomic mass is 10.1. The van der Waals surface area contributed by atoms with Crippen molar-refractivity contribution in [3.05, 3.63) is 68.6 Å². The molecule has 178 valence electrons. The van der Waals surface area contributed by atoms with Gasteiger partial charge in [-0.1, -0.05) is 23.2 Å². The van der Waals surface area contributed by atoms with E-state index in [0.717, 1.165) is 42.6 Å². The van der Waals surface area contributed by atoms with Gasteiger partial charge in [0, 0.05) is 22.3 Å². The molecule has 0 spiro atoms. The molecule has 2 N–H and O–H groups in total. The lowest BCUT2D eigenvalue weighted by Gasteiger charge is -2.17. The molecule has 1 aromatic carbocycles. The Bertz CT molecular complexity index is 1390. The normalized spacial score (nSPS) is 17.6. The molecular weight excluding hydrogens is 482 g/mol. The predicted molar refractivity (Wildman–Crippen MR) is 129 cm³/mol. The van der Waals surface area contributed by atoms with Crippen molar-refractivity contribution in [2.75, 3.05) is 13.1 Å². The number of rotatable bonds is 5. The third kappa shape index (κ3) is 4.31. The van der Waals surface area contributed by atoms with E-state index >= 15 is 0 Å². The molecule has 0 radical (unpaired) electrons. The highest BCUT2D eigenvalue weighted by Gasteiger charge is 2.22. The van der Waals surface area contributed by atoms with Crippen molar-refractivity contribution < 1.29 is 9.23 Å². The molecule has 11 heteroatoms. The van der Waals surface area contributed by atoms with Crippen molar-refractivity contribution in [3.8, 4) is 11.3 Å². The molecule has 1 fully saturated rings. The van der Waals surface area contributed by atoms with Gasteiger partial charge in [0.1, 0.15) is 11.3 Å². The van der Waals surface area contributed by atoms with E-state index in [0.29, 0.717) is 22.9 Å². The van der Waals surface area contributed by atoms with E-state index in [1.54, 1.807) is 25.3 Å². The molecule has 8 nitrogen and oxygen atoms in total. The molecule has 1 aliphatic rings. The van der Waals surface area contributed by atoms with Gasteiger partial charge >= 0.3 is 5.69 Å². The minimum Gasteiger partial charge on any atom is -0.401 e. The summed E-state index contributed by atoms with van der Waals surface area (Å²) in [6, 6.07) is 6.47. The molecule has 0 aliphatic carbocycles. The van der Waals surface area contributed by atoms with Gasteiger partial charge in [-0.3, -0.25) is 9.67 Å². The molecule has 0 saturated carbocycles. The van der Waals surface area contributed by atoms with E-state index in [1.165, 1.54) is 12.1 Å². The number of fused-ring (bicyclic) bond motifs is 1. The summed E-state index contributed by atoms with van der Waals surface area (Å²) < 4.78 is 17.0. The summed E-state index contributed by atoms with van der Waals surface area (Å²) in [5.41, 5.74) is 2.08. The van der Waals surface area contributed by atoms with Crippen LogP contribution in [0.2, 0.25) is 10.0 Å². The Morgan fingerprint density at radius 2 is 2.06 bits per heavy atom. The summed E-state index contributed by atoms with van der Waals surface area (Å²) in [5, 5.41) is 8.06. The summed E-state index contributed by atoms with van der Waals surface area (Å²) >= 11 is 12.3. The fourth-order valence-electron chi connectivity index (χ4n) is 4.30. The number of hydrogen-bond acceptors (Lipinski definition) is 5. The summed E-state index contributed by atoms with van der Waals surface area (Å²) in [4.78, 5) is 25.7. The fourth-order valence-corrected chi connectivity index (χ4v) is 4.97. The zero-order valence-electron chi connectivity index (χ0n) is 18.4. The van der Waals surface area contributed by atoms with Crippen molar-refractivity contribution >= 4 is 34.4 Å². The fraction of sp³-hybridized carbons (Fsp3) is 0.348. The Morgan fingerprint density at radius 1 is 1.21 bits per heavy atom. The standard InChI is InChI=1S/C23H23Cl2FN6O2/c1-13(20-16(24)4-5-17(26)21(20)25)34-32-19-7-6-18(29-22(19)30-23(32)33)14-11-28-31(12-14)15-3-2-9-27-10-8-15/h4-7,11-13,15,27H,2-3,8-10H2,1H3,(H,29,30,33). The number of benzene rings is 1. The number of halogens is 3. The molecule has 2 atom stereocenters. The van der Waals surface area contributed by atoms with Crippen LogP contribution >= 0.6 is 23.2 Å². The van der Waals surface area contributed by atoms with E-state index in [9.17, 15) is 9.18 Å². The predicted octanol–water partition coefficient (Wildman–Crippen LogP) is 4.54. The van der Waals surface area contributed by atoms with Crippen LogP contribution in [-0.2, 0) is 0 Å². The van der Waals surface area contributed by atoms with Crippen molar-refractivity contribution in [3.63, 3.8) is 0 Å². The van der Waals surface area contributed by atoms with Gasteiger partial charge in [0.05, 0.1) is 23.0 Å². The van der Waals surface area contributed by atoms with Crippen molar-refractivity contribution in [2.45, 2.75) is 38.3 Å². The van der Waals surface area contributed by atoms with Gasteiger partial charge in [-0.15, -0.1) is 4.73 Å². The second kappa shape index (κ2) is 9.40. The monoisotopic (exact) mass is 504 g/mol. The molecule has 2 unspecified atom stereocenters. The van der Waals surface area contributed by atoms with Crippen LogP contribution in [0.3, 0.4) is 0 Å². The van der Waals surface area contributed by atoms with Crippen LogP contribution < -0.4 is 15.8 Å². The average Bonchev–Trinajstić information content (AvgIpc) is 3.31. The zero-order chi connectivity index (χ0) is 23.8. The van der Waals surface area contributed by atoms with Gasteiger partial charge in [0.2, 0.25) is 0 Å². The number of pyridine rings is 1. The minimum absolute atomic E-state index is 0.144. The number of imidazole rings is 1. The van der Waals surface area contributed by atoms with E-state index in [1.807, 2.05) is 10.9 Å². The molecule has 1 saturated heterocycles. The van der Waals surface area contributed by atoms with Gasteiger partial charge in [0.25, 0.3) is 0 Å². The van der Waals surface area contributed by atoms with Crippen LogP contribution in [0, 0.1) is 5.82 Å². The van der Waals surface area contributed by atoms with Crippen LogP contribution in [0.25, 0.3) is 22.4 Å². The van der Waals surface area contributed by atoms with Crippen LogP contribution in [0.15, 0.2) is 41.5 Å². The molecule has 1 aliphatic heterocycles. The summed E-state index contributed by atoms with van der Waals surface area (Å²) in [6.07, 6.45) is 6.20. The summed E-state index contributed by atoms with van der Waals surface area (Å²) in [6.45, 7) is 3.64. The third-order valence-corrected chi connectivity index (χ3v) is 6.78. The average molecular weight is 505 g/mol. The second-order valence-corrected chi connectivity index (χ2v) is 9.12. The molecule has 0 amide bonds. The van der Waals surface area contributed by atoms with Crippen LogP contribution in [0.5, 0.6) is 0 Å². The minimum atomic E-state index is -0.792. The highest BCUT2D eigenvalue weighted by atomic mass is 35.5. The van der Waals surface area contributed by atoms with Gasteiger partial charge in [-0.2, -0.15) is 5.10 Å². The summed E-state index contributed by atoms with van der Waals surface area (Å²) in [5.74, 6) is -0.616. The zero-order valence-corrected chi connectivity index (χ0v) is 19.9. The maximum Gasteiger partial charge on any atom is 0.360 e. The first kappa shape index (κ1) is 22.9. The van der Waals surface area contributed by atoms with Gasteiger partial charge in [-0.05, 0) is 63.5 Å². The SMILES string of the molecule is CC(On1c(=O)[nH]c2nc(-c3cnn(C4CCCNCC4)c3)ccc21)c1c(Cl)ccc(F)c1Cl. The first-order valence-electron chi connectivity index (χ1n) is 11.1. The van der Waals surface area contributed by atoms with Gasteiger partial charge in [0.15, 0.2) is 11.8 Å². The smallest absolute Gasteiger partial charge is 0.360 e. The molecule has 3 aromatic heterocycles. The Labute approximate surface area is 204 Å². The lowest BCUT2D eigenvalue weighted by molar-refractivity contribution is 0.0492. The number of nitrogens with zero attached hydrogens (tertiary/aromatic N) is 4. The quantitative estimate of drug-likeness (QED) is 0.389. The van der Waals surface area contributed by atoms with Gasteiger partial charge in [-0.25, -0.2) is 14.2 Å². The Morgan fingerprint density at radius 3 is 2.91 bits per heavy atom. The number of aromatic nitrogens is 5. The maximum absolute atomic E-state index is 13.9. The molecule has 34 heavy (non-hydrogen) atoms. The van der Waals surface area contributed by atoms with Crippen molar-refractivity contribution in [1.29, 1.82) is 0 Å². The number of H-pyrrole nitrogens is 1. The van der Waals surface area contributed by atoms with E-state index in [4.69, 9.17) is 28.0 Å². The van der Waals surface area contributed by atoms with Crippen LogP contribution in [-0.4, -0.2) is 37.6 Å². The first-order chi connectivity index (χ1) is 16.4. The van der Waals surface area contributed by atoms with E-state index in [2.05, 4.69) is 20.4 Å². The molecule has 0 bridgehead atoms. The van der Waals surface area contributed by atoms with Crippen molar-refractivity contribution in [2.24, 2.45) is 0 Å². The highest BCUT2D eigenvalue weighted by molar-refractivity contribution is 6.36. The number of nitrogens with one attached hydrogen (secondary N) is 2. The Kier molecular flexibility index (Phi) is 6.33. The van der Waals surface area contributed by atoms with Crippen molar-refractivity contribution in [1.82, 2.24) is 29.8 Å². The molecule has 4 aromatic rings. The molecule has 4 heterocycles. The van der Waals surface area contributed by atoms with Crippen LogP contribution in [0.1, 0.15) is 43.9 Å². The molecule has 5 rings (SSSR count). The third-order valence-electron chi connectivity index (χ3n) is 6.07. The number of hydrogen-bond donors (Lipinski definition) is 2. The van der Waals surface area contributed by atoms with Crippen LogP contribution in [0.4, 0.5) is 4.39 Å². The topological polar surface area (TPSA) is 89.8 Å². The Hall–Kier alpha value is -2.88.